The molecule has 2 aliphatic heterocycles. The Kier molecular flexibility index (Phi) is 2.88. The number of hydrogen-bond donors (Lipinski definition) is 3. The monoisotopic (exact) mass is 264 g/mol. The van der Waals surface area contributed by atoms with E-state index in [2.05, 4.69) is 15.3 Å². The van der Waals surface area contributed by atoms with Gasteiger partial charge in [0.05, 0.1) is 12.5 Å². The summed E-state index contributed by atoms with van der Waals surface area (Å²) >= 11 is 0. The van der Waals surface area contributed by atoms with Gasteiger partial charge in [-0.25, -0.2) is 9.78 Å². The van der Waals surface area contributed by atoms with E-state index in [4.69, 9.17) is 5.11 Å². The highest BCUT2D eigenvalue weighted by Crippen LogP contribution is 2.41. The molecule has 2 fully saturated rings. The molecule has 3 rings (SSSR count). The molecule has 0 radical (unpaired) electrons. The molecular weight excluding hydrogens is 248 g/mol. The number of imidazole rings is 1. The SMILES string of the molecule is O=C(O)C1CC2CCC1N2C(=O)NCc1ncc[nH]1. The van der Waals surface area contributed by atoms with Crippen molar-refractivity contribution in [2.24, 2.45) is 5.92 Å². The predicted octanol–water partition coefficient (Wildman–Crippen LogP) is 0.557. The van der Waals surface area contributed by atoms with Gasteiger partial charge in [0.1, 0.15) is 5.82 Å². The van der Waals surface area contributed by atoms with Crippen molar-refractivity contribution in [3.63, 3.8) is 0 Å². The quantitative estimate of drug-likeness (QED) is 0.742. The van der Waals surface area contributed by atoms with E-state index in [1.165, 1.54) is 0 Å². The van der Waals surface area contributed by atoms with Crippen LogP contribution in [0.3, 0.4) is 0 Å². The third-order valence-corrected chi connectivity index (χ3v) is 4.05. The highest BCUT2D eigenvalue weighted by Gasteiger charge is 2.51. The number of carboxylic acid groups (broad SMARTS) is 1. The minimum absolute atomic E-state index is 0.0719. The summed E-state index contributed by atoms with van der Waals surface area (Å²) in [5, 5.41) is 11.9. The summed E-state index contributed by atoms with van der Waals surface area (Å²) < 4.78 is 0. The molecule has 3 N–H and O–H groups in total. The number of aromatic amines is 1. The fraction of sp³-hybridized carbons (Fsp3) is 0.583. The first kappa shape index (κ1) is 12.0. The lowest BCUT2D eigenvalue weighted by molar-refractivity contribution is -0.142. The van der Waals surface area contributed by atoms with Crippen LogP contribution in [0.5, 0.6) is 0 Å². The van der Waals surface area contributed by atoms with E-state index in [9.17, 15) is 9.59 Å². The Bertz CT molecular complexity index is 487. The van der Waals surface area contributed by atoms with E-state index in [1.807, 2.05) is 0 Å². The van der Waals surface area contributed by atoms with Crippen LogP contribution in [0, 0.1) is 5.92 Å². The van der Waals surface area contributed by atoms with Crippen LogP contribution >= 0.6 is 0 Å². The smallest absolute Gasteiger partial charge is 0.318 e. The molecule has 7 nitrogen and oxygen atoms in total. The average Bonchev–Trinajstić information content (AvgIpc) is 3.11. The van der Waals surface area contributed by atoms with Crippen LogP contribution in [-0.2, 0) is 11.3 Å². The molecule has 2 amide bonds. The van der Waals surface area contributed by atoms with Gasteiger partial charge in [0, 0.05) is 24.5 Å². The van der Waals surface area contributed by atoms with Crippen molar-refractivity contribution in [3.05, 3.63) is 18.2 Å². The van der Waals surface area contributed by atoms with Gasteiger partial charge in [-0.1, -0.05) is 0 Å². The fourth-order valence-electron chi connectivity index (χ4n) is 3.22. The predicted molar refractivity (Wildman–Crippen MR) is 65.2 cm³/mol. The number of rotatable bonds is 3. The second-order valence-electron chi connectivity index (χ2n) is 5.08. The zero-order valence-electron chi connectivity index (χ0n) is 10.4. The number of aliphatic carboxylic acids is 1. The average molecular weight is 264 g/mol. The largest absolute Gasteiger partial charge is 0.481 e. The zero-order chi connectivity index (χ0) is 13.4. The van der Waals surface area contributed by atoms with Crippen LogP contribution in [0.2, 0.25) is 0 Å². The number of urea groups is 1. The Balaban J connectivity index is 1.63. The van der Waals surface area contributed by atoms with Crippen LogP contribution in [0.4, 0.5) is 4.79 Å². The third-order valence-electron chi connectivity index (χ3n) is 4.05. The molecule has 2 bridgehead atoms. The van der Waals surface area contributed by atoms with E-state index in [-0.39, 0.29) is 18.1 Å². The van der Waals surface area contributed by atoms with Gasteiger partial charge in [-0.2, -0.15) is 0 Å². The number of carbonyl (C=O) groups excluding carboxylic acids is 1. The van der Waals surface area contributed by atoms with E-state index in [0.29, 0.717) is 18.8 Å². The summed E-state index contributed by atoms with van der Waals surface area (Å²) in [7, 11) is 0. The van der Waals surface area contributed by atoms with E-state index in [0.717, 1.165) is 12.8 Å². The van der Waals surface area contributed by atoms with Crippen LogP contribution in [0.1, 0.15) is 25.1 Å². The molecule has 1 aromatic rings. The molecule has 3 unspecified atom stereocenters. The number of nitrogens with zero attached hydrogens (tertiary/aromatic N) is 2. The van der Waals surface area contributed by atoms with Gasteiger partial charge in [0.2, 0.25) is 0 Å². The molecule has 2 aliphatic rings. The van der Waals surface area contributed by atoms with Crippen molar-refractivity contribution in [2.75, 3.05) is 0 Å². The lowest BCUT2D eigenvalue weighted by Gasteiger charge is -2.23. The van der Waals surface area contributed by atoms with Crippen molar-refractivity contribution in [3.8, 4) is 0 Å². The summed E-state index contributed by atoms with van der Waals surface area (Å²) in [5.74, 6) is -0.515. The number of amides is 2. The lowest BCUT2D eigenvalue weighted by Crippen LogP contribution is -2.44. The Labute approximate surface area is 110 Å². The normalized spacial score (nSPS) is 28.6. The van der Waals surface area contributed by atoms with Gasteiger partial charge in [0.25, 0.3) is 0 Å². The number of carbonyl (C=O) groups is 2. The summed E-state index contributed by atoms with van der Waals surface area (Å²) in [6, 6.07) is -0.269. The van der Waals surface area contributed by atoms with Crippen LogP contribution in [-0.4, -0.2) is 44.1 Å². The van der Waals surface area contributed by atoms with Gasteiger partial charge in [0.15, 0.2) is 0 Å². The molecule has 0 aromatic carbocycles. The maximum Gasteiger partial charge on any atom is 0.318 e. The lowest BCUT2D eigenvalue weighted by atomic mass is 9.89. The molecule has 0 aliphatic carbocycles. The number of nitrogens with one attached hydrogen (secondary N) is 2. The highest BCUT2D eigenvalue weighted by atomic mass is 16.4. The summed E-state index contributed by atoms with van der Waals surface area (Å²) in [6.45, 7) is 0.333. The van der Waals surface area contributed by atoms with Crippen molar-refractivity contribution in [1.82, 2.24) is 20.2 Å². The molecule has 0 spiro atoms. The minimum Gasteiger partial charge on any atom is -0.481 e. The summed E-state index contributed by atoms with van der Waals surface area (Å²) in [5.41, 5.74) is 0. The molecule has 2 saturated heterocycles. The van der Waals surface area contributed by atoms with E-state index >= 15 is 0 Å². The van der Waals surface area contributed by atoms with Crippen molar-refractivity contribution >= 4 is 12.0 Å². The Morgan fingerprint density at radius 2 is 2.37 bits per heavy atom. The summed E-state index contributed by atoms with van der Waals surface area (Å²) in [6.07, 6.45) is 5.59. The minimum atomic E-state index is -0.795. The standard InChI is InChI=1S/C12H16N4O3/c17-11(18)8-5-7-1-2-9(8)16(7)12(19)15-6-10-13-3-4-14-10/h3-4,7-9H,1-2,5-6H2,(H,13,14)(H,15,19)(H,17,18). The van der Waals surface area contributed by atoms with Crippen LogP contribution < -0.4 is 5.32 Å². The third kappa shape index (κ3) is 2.05. The molecular formula is C12H16N4O3. The molecule has 3 atom stereocenters. The van der Waals surface area contributed by atoms with Gasteiger partial charge < -0.3 is 20.3 Å². The molecule has 7 heteroatoms. The Morgan fingerprint density at radius 1 is 1.53 bits per heavy atom. The first-order valence-electron chi connectivity index (χ1n) is 6.44. The Morgan fingerprint density at radius 3 is 3.00 bits per heavy atom. The van der Waals surface area contributed by atoms with E-state index in [1.54, 1.807) is 17.3 Å². The fourth-order valence-corrected chi connectivity index (χ4v) is 3.22. The van der Waals surface area contributed by atoms with Crippen molar-refractivity contribution < 1.29 is 14.7 Å². The Hall–Kier alpha value is -2.05. The zero-order valence-corrected chi connectivity index (χ0v) is 10.4. The van der Waals surface area contributed by atoms with Crippen molar-refractivity contribution in [2.45, 2.75) is 37.9 Å². The first-order chi connectivity index (χ1) is 9.16. The number of hydrogen-bond acceptors (Lipinski definition) is 3. The molecule has 102 valence electrons. The molecule has 19 heavy (non-hydrogen) atoms. The highest BCUT2D eigenvalue weighted by molar-refractivity contribution is 5.79. The number of aromatic nitrogens is 2. The molecule has 1 aromatic heterocycles. The van der Waals surface area contributed by atoms with Gasteiger partial charge >= 0.3 is 12.0 Å². The summed E-state index contributed by atoms with van der Waals surface area (Å²) in [4.78, 5) is 31.9. The van der Waals surface area contributed by atoms with Gasteiger partial charge in [-0.3, -0.25) is 4.79 Å². The second kappa shape index (κ2) is 4.56. The van der Waals surface area contributed by atoms with Crippen molar-refractivity contribution in [1.29, 1.82) is 0 Å². The second-order valence-corrected chi connectivity index (χ2v) is 5.08. The first-order valence-corrected chi connectivity index (χ1v) is 6.44. The van der Waals surface area contributed by atoms with Crippen LogP contribution in [0.25, 0.3) is 0 Å². The van der Waals surface area contributed by atoms with Gasteiger partial charge in [-0.15, -0.1) is 0 Å². The van der Waals surface area contributed by atoms with Crippen LogP contribution in [0.15, 0.2) is 12.4 Å². The number of carboxylic acids is 1. The maximum absolute atomic E-state index is 12.1. The number of fused-ring (bicyclic) bond motifs is 2. The maximum atomic E-state index is 12.1. The molecule has 0 saturated carbocycles. The topological polar surface area (TPSA) is 98.3 Å². The van der Waals surface area contributed by atoms with E-state index < -0.39 is 11.9 Å². The van der Waals surface area contributed by atoms with Gasteiger partial charge in [-0.05, 0) is 19.3 Å². The molecule has 3 heterocycles. The number of H-pyrrole nitrogens is 1.